The predicted octanol–water partition coefficient (Wildman–Crippen LogP) is 3.91. The first-order valence-corrected chi connectivity index (χ1v) is 10.7. The lowest BCUT2D eigenvalue weighted by Crippen LogP contribution is -2.58. The number of benzene rings is 1. The quantitative estimate of drug-likeness (QED) is 0.675. The van der Waals surface area contributed by atoms with E-state index in [0.717, 1.165) is 24.8 Å². The highest BCUT2D eigenvalue weighted by Gasteiger charge is 2.45. The molecule has 1 aromatic carbocycles. The summed E-state index contributed by atoms with van der Waals surface area (Å²) in [6.07, 6.45) is 6.70. The van der Waals surface area contributed by atoms with Crippen LogP contribution >= 0.6 is 0 Å². The van der Waals surface area contributed by atoms with Crippen LogP contribution in [0.25, 0.3) is 11.4 Å². The Bertz CT molecular complexity index is 1050. The SMILES string of the molecule is Cc1ccc(OC2CC3CCC2N(C(O)c2c(F)cccc2-c2ncccn2)C3)nc1. The second-order valence-corrected chi connectivity index (χ2v) is 8.42. The fourth-order valence-corrected chi connectivity index (χ4v) is 4.86. The zero-order valence-electron chi connectivity index (χ0n) is 17.4. The van der Waals surface area contributed by atoms with Crippen molar-refractivity contribution in [2.45, 2.75) is 44.6 Å². The van der Waals surface area contributed by atoms with E-state index in [9.17, 15) is 9.50 Å². The molecule has 1 saturated carbocycles. The standard InChI is InChI=1S/C24H25FN4O2/c1-15-6-9-21(28-13-15)31-20-12-16-7-8-19(20)29(14-16)24(30)22-17(4-2-5-18(22)25)23-26-10-3-11-27-23/h2-6,9-11,13,16,19-20,24,30H,7-8,12,14H2,1H3. The number of aromatic nitrogens is 3. The van der Waals surface area contributed by atoms with E-state index in [1.807, 2.05) is 24.0 Å². The van der Waals surface area contributed by atoms with Gasteiger partial charge in [0.1, 0.15) is 18.1 Å². The van der Waals surface area contributed by atoms with E-state index in [-0.39, 0.29) is 17.7 Å². The Balaban J connectivity index is 1.44. The highest BCUT2D eigenvalue weighted by Crippen LogP contribution is 2.42. The summed E-state index contributed by atoms with van der Waals surface area (Å²) in [7, 11) is 0. The van der Waals surface area contributed by atoms with Gasteiger partial charge in [-0.2, -0.15) is 0 Å². The molecule has 2 saturated heterocycles. The number of pyridine rings is 1. The maximum Gasteiger partial charge on any atom is 0.213 e. The molecule has 0 amide bonds. The largest absolute Gasteiger partial charge is 0.473 e. The Morgan fingerprint density at radius 2 is 1.94 bits per heavy atom. The molecule has 31 heavy (non-hydrogen) atoms. The molecule has 6 nitrogen and oxygen atoms in total. The van der Waals surface area contributed by atoms with Gasteiger partial charge >= 0.3 is 0 Å². The van der Waals surface area contributed by atoms with Gasteiger partial charge in [0.05, 0.1) is 0 Å². The van der Waals surface area contributed by atoms with E-state index in [2.05, 4.69) is 15.0 Å². The van der Waals surface area contributed by atoms with Crippen LogP contribution in [-0.2, 0) is 0 Å². The fourth-order valence-electron chi connectivity index (χ4n) is 4.86. The Kier molecular flexibility index (Phi) is 5.38. The van der Waals surface area contributed by atoms with Gasteiger partial charge in [0.25, 0.3) is 0 Å². The Morgan fingerprint density at radius 1 is 1.10 bits per heavy atom. The van der Waals surface area contributed by atoms with Gasteiger partial charge in [-0.1, -0.05) is 18.2 Å². The molecule has 3 aromatic rings. The van der Waals surface area contributed by atoms with Gasteiger partial charge in [-0.05, 0) is 49.8 Å². The summed E-state index contributed by atoms with van der Waals surface area (Å²) in [5.74, 6) is 0.909. The van der Waals surface area contributed by atoms with Crippen molar-refractivity contribution in [1.29, 1.82) is 0 Å². The van der Waals surface area contributed by atoms with Crippen LogP contribution in [0.15, 0.2) is 55.0 Å². The predicted molar refractivity (Wildman–Crippen MR) is 114 cm³/mol. The Hall–Kier alpha value is -2.90. The first-order valence-electron chi connectivity index (χ1n) is 10.7. The number of hydrogen-bond donors (Lipinski definition) is 1. The minimum absolute atomic E-state index is 0.0211. The Labute approximate surface area is 180 Å². The third-order valence-corrected chi connectivity index (χ3v) is 6.35. The summed E-state index contributed by atoms with van der Waals surface area (Å²) >= 11 is 0. The van der Waals surface area contributed by atoms with Crippen molar-refractivity contribution < 1.29 is 14.2 Å². The van der Waals surface area contributed by atoms with Gasteiger partial charge in [0.2, 0.25) is 5.88 Å². The van der Waals surface area contributed by atoms with Gasteiger partial charge in [0.15, 0.2) is 5.82 Å². The fraction of sp³-hybridized carbons (Fsp3) is 0.375. The van der Waals surface area contributed by atoms with Gasteiger partial charge in [-0.15, -0.1) is 0 Å². The van der Waals surface area contributed by atoms with Crippen LogP contribution in [0.1, 0.15) is 36.6 Å². The summed E-state index contributed by atoms with van der Waals surface area (Å²) < 4.78 is 21.2. The molecule has 4 atom stereocenters. The van der Waals surface area contributed by atoms with Crippen LogP contribution in [0, 0.1) is 18.7 Å². The van der Waals surface area contributed by atoms with Gasteiger partial charge in [-0.3, -0.25) is 4.90 Å². The van der Waals surface area contributed by atoms with E-state index in [1.54, 1.807) is 36.8 Å². The number of fused-ring (bicyclic) bond motifs is 3. The lowest BCUT2D eigenvalue weighted by Gasteiger charge is -2.51. The molecule has 4 heterocycles. The van der Waals surface area contributed by atoms with Crippen molar-refractivity contribution in [2.24, 2.45) is 5.92 Å². The molecule has 2 aromatic heterocycles. The summed E-state index contributed by atoms with van der Waals surface area (Å²) in [5.41, 5.74) is 1.80. The monoisotopic (exact) mass is 420 g/mol. The van der Waals surface area contributed by atoms with Gasteiger partial charge in [-0.25, -0.2) is 19.3 Å². The van der Waals surface area contributed by atoms with Crippen LogP contribution < -0.4 is 4.74 Å². The number of ether oxygens (including phenoxy) is 1. The Morgan fingerprint density at radius 3 is 2.68 bits per heavy atom. The molecular formula is C24H25FN4O2. The minimum Gasteiger partial charge on any atom is -0.473 e. The summed E-state index contributed by atoms with van der Waals surface area (Å²) in [5, 5.41) is 11.4. The molecule has 160 valence electrons. The molecule has 2 bridgehead atoms. The van der Waals surface area contributed by atoms with Crippen LogP contribution in [0.5, 0.6) is 5.88 Å². The number of aliphatic hydroxyl groups excluding tert-OH is 1. The van der Waals surface area contributed by atoms with Crippen LogP contribution in [0.3, 0.4) is 0 Å². The van der Waals surface area contributed by atoms with E-state index in [1.165, 1.54) is 6.07 Å². The van der Waals surface area contributed by atoms with Crippen molar-refractivity contribution >= 4 is 0 Å². The molecule has 0 spiro atoms. The van der Waals surface area contributed by atoms with E-state index >= 15 is 0 Å². The van der Waals surface area contributed by atoms with Crippen LogP contribution in [0.4, 0.5) is 4.39 Å². The first-order chi connectivity index (χ1) is 15.1. The van der Waals surface area contributed by atoms with Crippen molar-refractivity contribution in [1.82, 2.24) is 19.9 Å². The lowest BCUT2D eigenvalue weighted by molar-refractivity contribution is -0.124. The van der Waals surface area contributed by atoms with E-state index < -0.39 is 12.0 Å². The first kappa shape index (κ1) is 20.0. The van der Waals surface area contributed by atoms with E-state index in [4.69, 9.17) is 4.74 Å². The van der Waals surface area contributed by atoms with Gasteiger partial charge in [0, 0.05) is 48.4 Å². The topological polar surface area (TPSA) is 71.4 Å². The zero-order chi connectivity index (χ0) is 21.4. The molecule has 4 unspecified atom stereocenters. The lowest BCUT2D eigenvalue weighted by atomic mass is 9.77. The van der Waals surface area contributed by atoms with Gasteiger partial charge < -0.3 is 9.84 Å². The van der Waals surface area contributed by atoms with E-state index in [0.29, 0.717) is 29.7 Å². The second kappa shape index (κ2) is 8.32. The number of nitrogens with zero attached hydrogens (tertiary/aromatic N) is 4. The minimum atomic E-state index is -1.11. The van der Waals surface area contributed by atoms with Crippen LogP contribution in [0.2, 0.25) is 0 Å². The third-order valence-electron chi connectivity index (χ3n) is 6.35. The average molecular weight is 420 g/mol. The zero-order valence-corrected chi connectivity index (χ0v) is 17.4. The number of rotatable bonds is 5. The molecule has 1 aliphatic carbocycles. The number of aliphatic hydroxyl groups is 1. The molecule has 6 rings (SSSR count). The average Bonchev–Trinajstić information content (AvgIpc) is 2.81. The van der Waals surface area contributed by atoms with Crippen molar-refractivity contribution in [2.75, 3.05) is 6.54 Å². The van der Waals surface area contributed by atoms with Crippen molar-refractivity contribution in [3.8, 4) is 17.3 Å². The van der Waals surface area contributed by atoms with Crippen molar-refractivity contribution in [3.05, 3.63) is 71.9 Å². The normalized spacial score (nSPS) is 24.2. The molecule has 7 heteroatoms. The van der Waals surface area contributed by atoms with Crippen molar-refractivity contribution in [3.63, 3.8) is 0 Å². The highest BCUT2D eigenvalue weighted by atomic mass is 19.1. The third kappa shape index (κ3) is 3.91. The molecule has 3 fully saturated rings. The number of aryl methyl sites for hydroxylation is 1. The molecule has 1 N–H and O–H groups in total. The number of hydrogen-bond acceptors (Lipinski definition) is 6. The summed E-state index contributed by atoms with van der Waals surface area (Å²) in [6.45, 7) is 2.69. The molecule has 3 aliphatic rings. The summed E-state index contributed by atoms with van der Waals surface area (Å²) in [6, 6.07) is 10.3. The van der Waals surface area contributed by atoms with Crippen LogP contribution in [-0.4, -0.2) is 43.6 Å². The molecule has 0 radical (unpaired) electrons. The number of piperidine rings is 2. The second-order valence-electron chi connectivity index (χ2n) is 8.42. The smallest absolute Gasteiger partial charge is 0.213 e. The molecular weight excluding hydrogens is 395 g/mol. The maximum absolute atomic E-state index is 15.0. The number of halogens is 1. The molecule has 2 aliphatic heterocycles. The summed E-state index contributed by atoms with van der Waals surface area (Å²) in [4.78, 5) is 14.9. The maximum atomic E-state index is 15.0. The highest BCUT2D eigenvalue weighted by molar-refractivity contribution is 5.60.